The molecule has 0 amide bonds. The highest BCUT2D eigenvalue weighted by atomic mass is 32.1. The van der Waals surface area contributed by atoms with Gasteiger partial charge in [0.05, 0.1) is 13.2 Å². The SMILES string of the molecule is c1csc(CN2CCC3(COCCN(CC4CCOCC4)C3)C2)c1. The summed E-state index contributed by atoms with van der Waals surface area (Å²) in [6.45, 7) is 10.8. The van der Waals surface area contributed by atoms with Crippen molar-refractivity contribution in [3.05, 3.63) is 22.4 Å². The lowest BCUT2D eigenvalue weighted by Gasteiger charge is -2.34. The van der Waals surface area contributed by atoms with Crippen molar-refractivity contribution in [3.8, 4) is 0 Å². The van der Waals surface area contributed by atoms with Crippen LogP contribution < -0.4 is 0 Å². The average molecular weight is 351 g/mol. The van der Waals surface area contributed by atoms with Gasteiger partial charge in [-0.15, -0.1) is 11.3 Å². The molecule has 1 aromatic heterocycles. The van der Waals surface area contributed by atoms with Crippen molar-refractivity contribution in [2.45, 2.75) is 25.8 Å². The number of likely N-dealkylation sites (tertiary alicyclic amines) is 1. The van der Waals surface area contributed by atoms with Crippen molar-refractivity contribution in [1.82, 2.24) is 9.80 Å². The van der Waals surface area contributed by atoms with Gasteiger partial charge in [-0.25, -0.2) is 0 Å². The Balaban J connectivity index is 1.35. The summed E-state index contributed by atoms with van der Waals surface area (Å²) in [4.78, 5) is 6.81. The van der Waals surface area contributed by atoms with Gasteiger partial charge in [0, 0.05) is 56.2 Å². The summed E-state index contributed by atoms with van der Waals surface area (Å²) in [7, 11) is 0. The molecule has 0 aromatic carbocycles. The fourth-order valence-electron chi connectivity index (χ4n) is 4.56. The molecule has 4 nitrogen and oxygen atoms in total. The number of nitrogens with zero attached hydrogens (tertiary/aromatic N) is 2. The van der Waals surface area contributed by atoms with Gasteiger partial charge in [-0.05, 0) is 43.2 Å². The molecule has 0 bridgehead atoms. The number of thiophene rings is 1. The molecule has 4 rings (SSSR count). The summed E-state index contributed by atoms with van der Waals surface area (Å²) in [5, 5.41) is 2.19. The van der Waals surface area contributed by atoms with Gasteiger partial charge in [-0.1, -0.05) is 6.07 Å². The molecular formula is C19H30N2O2S. The lowest BCUT2D eigenvalue weighted by molar-refractivity contribution is 0.0468. The van der Waals surface area contributed by atoms with Gasteiger partial charge in [0.15, 0.2) is 0 Å². The van der Waals surface area contributed by atoms with Gasteiger partial charge in [0.25, 0.3) is 0 Å². The van der Waals surface area contributed by atoms with Gasteiger partial charge in [-0.2, -0.15) is 0 Å². The Labute approximate surface area is 149 Å². The largest absolute Gasteiger partial charge is 0.381 e. The van der Waals surface area contributed by atoms with Gasteiger partial charge in [0.2, 0.25) is 0 Å². The second-order valence-electron chi connectivity index (χ2n) is 7.88. The lowest BCUT2D eigenvalue weighted by Crippen LogP contribution is -2.43. The van der Waals surface area contributed by atoms with Crippen LogP contribution in [0.25, 0.3) is 0 Å². The zero-order chi connectivity index (χ0) is 16.2. The summed E-state index contributed by atoms with van der Waals surface area (Å²) in [6.07, 6.45) is 3.74. The minimum atomic E-state index is 0.346. The van der Waals surface area contributed by atoms with Crippen molar-refractivity contribution in [3.63, 3.8) is 0 Å². The van der Waals surface area contributed by atoms with E-state index < -0.39 is 0 Å². The van der Waals surface area contributed by atoms with E-state index in [0.29, 0.717) is 5.41 Å². The van der Waals surface area contributed by atoms with E-state index >= 15 is 0 Å². The van der Waals surface area contributed by atoms with Crippen molar-refractivity contribution in [2.75, 3.05) is 59.2 Å². The Hall–Kier alpha value is -0.460. The first-order chi connectivity index (χ1) is 11.8. The van der Waals surface area contributed by atoms with Gasteiger partial charge in [-0.3, -0.25) is 4.90 Å². The molecule has 1 spiro atoms. The Kier molecular flexibility index (Phi) is 5.54. The molecule has 1 aromatic rings. The zero-order valence-corrected chi connectivity index (χ0v) is 15.4. The first kappa shape index (κ1) is 17.0. The van der Waals surface area contributed by atoms with Crippen molar-refractivity contribution in [2.24, 2.45) is 11.3 Å². The highest BCUT2D eigenvalue weighted by molar-refractivity contribution is 7.09. The van der Waals surface area contributed by atoms with Crippen LogP contribution in [0.3, 0.4) is 0 Å². The van der Waals surface area contributed by atoms with Crippen LogP contribution in [0.2, 0.25) is 0 Å². The van der Waals surface area contributed by atoms with Crippen LogP contribution in [-0.4, -0.2) is 69.0 Å². The minimum absolute atomic E-state index is 0.346. The second-order valence-corrected chi connectivity index (χ2v) is 8.92. The van der Waals surface area contributed by atoms with E-state index in [1.54, 1.807) is 0 Å². The van der Waals surface area contributed by atoms with Crippen molar-refractivity contribution < 1.29 is 9.47 Å². The third-order valence-corrected chi connectivity index (χ3v) is 6.71. The topological polar surface area (TPSA) is 24.9 Å². The normalized spacial score (nSPS) is 30.8. The van der Waals surface area contributed by atoms with Crippen LogP contribution in [0, 0.1) is 11.3 Å². The predicted molar refractivity (Wildman–Crippen MR) is 97.4 cm³/mol. The lowest BCUT2D eigenvalue weighted by atomic mass is 9.87. The maximum absolute atomic E-state index is 6.04. The summed E-state index contributed by atoms with van der Waals surface area (Å²) >= 11 is 1.88. The Bertz CT molecular complexity index is 503. The third kappa shape index (κ3) is 4.20. The van der Waals surface area contributed by atoms with Gasteiger partial charge < -0.3 is 14.4 Å². The molecular weight excluding hydrogens is 320 g/mol. The molecule has 1 atom stereocenters. The van der Waals surface area contributed by atoms with Crippen LogP contribution in [0.5, 0.6) is 0 Å². The fourth-order valence-corrected chi connectivity index (χ4v) is 5.31. The predicted octanol–water partition coefficient (Wildman–Crippen LogP) is 2.70. The minimum Gasteiger partial charge on any atom is -0.381 e. The van der Waals surface area contributed by atoms with Crippen LogP contribution in [0.1, 0.15) is 24.1 Å². The molecule has 0 radical (unpaired) electrons. The smallest absolute Gasteiger partial charge is 0.0593 e. The summed E-state index contributed by atoms with van der Waals surface area (Å²) < 4.78 is 11.6. The molecule has 0 N–H and O–H groups in total. The van der Waals surface area contributed by atoms with E-state index in [1.807, 2.05) is 11.3 Å². The van der Waals surface area contributed by atoms with Crippen LogP contribution in [0.4, 0.5) is 0 Å². The van der Waals surface area contributed by atoms with Gasteiger partial charge >= 0.3 is 0 Å². The Morgan fingerprint density at radius 2 is 1.96 bits per heavy atom. The maximum Gasteiger partial charge on any atom is 0.0593 e. The van der Waals surface area contributed by atoms with E-state index in [2.05, 4.69) is 27.3 Å². The maximum atomic E-state index is 6.04. The molecule has 0 saturated carbocycles. The molecule has 134 valence electrons. The fraction of sp³-hybridized carbons (Fsp3) is 0.789. The number of hydrogen-bond donors (Lipinski definition) is 0. The zero-order valence-electron chi connectivity index (χ0n) is 14.6. The molecule has 3 aliphatic rings. The number of rotatable bonds is 4. The van der Waals surface area contributed by atoms with E-state index in [-0.39, 0.29) is 0 Å². The molecule has 5 heteroatoms. The Morgan fingerprint density at radius 3 is 2.79 bits per heavy atom. The summed E-state index contributed by atoms with van der Waals surface area (Å²) in [5.74, 6) is 0.817. The molecule has 3 fully saturated rings. The van der Waals surface area contributed by atoms with E-state index in [9.17, 15) is 0 Å². The van der Waals surface area contributed by atoms with Crippen molar-refractivity contribution >= 4 is 11.3 Å². The second kappa shape index (κ2) is 7.83. The van der Waals surface area contributed by atoms with E-state index in [1.165, 1.54) is 50.3 Å². The number of hydrogen-bond acceptors (Lipinski definition) is 5. The molecule has 0 aliphatic carbocycles. The van der Waals surface area contributed by atoms with Crippen LogP contribution >= 0.6 is 11.3 Å². The molecule has 3 saturated heterocycles. The van der Waals surface area contributed by atoms with E-state index in [0.717, 1.165) is 45.4 Å². The summed E-state index contributed by atoms with van der Waals surface area (Å²) in [6, 6.07) is 4.42. The van der Waals surface area contributed by atoms with Crippen LogP contribution in [-0.2, 0) is 16.0 Å². The molecule has 4 heterocycles. The monoisotopic (exact) mass is 350 g/mol. The quantitative estimate of drug-likeness (QED) is 0.834. The van der Waals surface area contributed by atoms with E-state index in [4.69, 9.17) is 9.47 Å². The average Bonchev–Trinajstić information content (AvgIpc) is 3.19. The standard InChI is InChI=1S/C19H30N2O2S/c1-2-18(24-11-1)13-20-6-5-19(14-20)15-21(7-10-23-16-19)12-17-3-8-22-9-4-17/h1-2,11,17H,3-10,12-16H2. The number of ether oxygens (including phenoxy) is 2. The summed E-state index contributed by atoms with van der Waals surface area (Å²) in [5.41, 5.74) is 0.346. The highest BCUT2D eigenvalue weighted by Crippen LogP contribution is 2.35. The molecule has 1 unspecified atom stereocenters. The van der Waals surface area contributed by atoms with Gasteiger partial charge in [0.1, 0.15) is 0 Å². The third-order valence-electron chi connectivity index (χ3n) is 5.85. The first-order valence-corrected chi connectivity index (χ1v) is 10.3. The highest BCUT2D eigenvalue weighted by Gasteiger charge is 2.41. The first-order valence-electron chi connectivity index (χ1n) is 9.44. The van der Waals surface area contributed by atoms with Crippen molar-refractivity contribution in [1.29, 1.82) is 0 Å². The van der Waals surface area contributed by atoms with Crippen LogP contribution in [0.15, 0.2) is 17.5 Å². The molecule has 3 aliphatic heterocycles. The Morgan fingerprint density at radius 1 is 1.08 bits per heavy atom. The molecule has 24 heavy (non-hydrogen) atoms.